The number of rotatable bonds is 5. The Bertz CT molecular complexity index is 711. The van der Waals surface area contributed by atoms with Gasteiger partial charge in [-0.3, -0.25) is 9.69 Å². The number of alkyl halides is 3. The van der Waals surface area contributed by atoms with Crippen molar-refractivity contribution in [2.45, 2.75) is 38.0 Å². The van der Waals surface area contributed by atoms with Crippen LogP contribution < -0.4 is 5.32 Å². The fourth-order valence-electron chi connectivity index (χ4n) is 3.29. The van der Waals surface area contributed by atoms with Gasteiger partial charge >= 0.3 is 6.18 Å². The summed E-state index contributed by atoms with van der Waals surface area (Å²) in [5.74, 6) is 0.552. The van der Waals surface area contributed by atoms with Crippen LogP contribution in [0.25, 0.3) is 0 Å². The first-order valence-corrected chi connectivity index (χ1v) is 8.64. The van der Waals surface area contributed by atoms with Gasteiger partial charge < -0.3 is 9.73 Å². The third-order valence-electron chi connectivity index (χ3n) is 4.62. The quantitative estimate of drug-likeness (QED) is 0.865. The van der Waals surface area contributed by atoms with Crippen LogP contribution in [0.15, 0.2) is 47.1 Å². The van der Waals surface area contributed by atoms with E-state index in [9.17, 15) is 18.0 Å². The Labute approximate surface area is 150 Å². The number of furan rings is 1. The maximum Gasteiger partial charge on any atom is 0.416 e. The number of hydrogen-bond donors (Lipinski definition) is 1. The van der Waals surface area contributed by atoms with E-state index in [4.69, 9.17) is 4.42 Å². The average Bonchev–Trinajstić information content (AvgIpc) is 3.13. The number of carbonyl (C=O) groups excluding carboxylic acids is 1. The molecule has 1 atom stereocenters. The lowest BCUT2D eigenvalue weighted by molar-refractivity contribution is -0.137. The topological polar surface area (TPSA) is 45.5 Å². The number of benzene rings is 1. The monoisotopic (exact) mass is 366 g/mol. The highest BCUT2D eigenvalue weighted by atomic mass is 19.4. The van der Waals surface area contributed by atoms with Crippen LogP contribution in [0.3, 0.4) is 0 Å². The molecule has 1 saturated heterocycles. The maximum atomic E-state index is 12.7. The van der Waals surface area contributed by atoms with Crippen LogP contribution in [0, 0.1) is 0 Å². The molecule has 2 aromatic rings. The summed E-state index contributed by atoms with van der Waals surface area (Å²) in [5, 5.41) is 2.81. The molecule has 1 fully saturated rings. The summed E-state index contributed by atoms with van der Waals surface area (Å²) in [6, 6.07) is 8.76. The molecule has 0 bridgehead atoms. The third kappa shape index (κ3) is 4.66. The molecule has 1 aromatic heterocycles. The maximum absolute atomic E-state index is 12.7. The van der Waals surface area contributed by atoms with Crippen molar-refractivity contribution >= 4 is 5.91 Å². The SMILES string of the molecule is O=C(CN1CCCCC1c1ccc(C(F)(F)F)cc1)NCc1ccco1. The molecule has 1 aromatic carbocycles. The largest absolute Gasteiger partial charge is 0.467 e. The number of halogens is 3. The lowest BCUT2D eigenvalue weighted by atomic mass is 9.94. The normalized spacial score (nSPS) is 18.7. The molecular formula is C19H21F3N2O2. The summed E-state index contributed by atoms with van der Waals surface area (Å²) < 4.78 is 43.4. The van der Waals surface area contributed by atoms with Crippen molar-refractivity contribution < 1.29 is 22.4 Å². The van der Waals surface area contributed by atoms with Crippen molar-refractivity contribution in [1.29, 1.82) is 0 Å². The molecule has 2 heterocycles. The molecular weight excluding hydrogens is 345 g/mol. The van der Waals surface area contributed by atoms with Crippen LogP contribution in [-0.2, 0) is 17.5 Å². The van der Waals surface area contributed by atoms with Crippen molar-refractivity contribution in [3.63, 3.8) is 0 Å². The predicted octanol–water partition coefficient (Wildman–Crippen LogP) is 4.14. The van der Waals surface area contributed by atoms with Crippen molar-refractivity contribution in [3.8, 4) is 0 Å². The van der Waals surface area contributed by atoms with Crippen molar-refractivity contribution in [3.05, 3.63) is 59.5 Å². The van der Waals surface area contributed by atoms with E-state index in [0.717, 1.165) is 43.5 Å². The summed E-state index contributed by atoms with van der Waals surface area (Å²) in [5.41, 5.74) is 0.163. The number of piperidine rings is 1. The molecule has 3 rings (SSSR count). The molecule has 1 aliphatic heterocycles. The lowest BCUT2D eigenvalue weighted by Crippen LogP contribution is -2.41. The molecule has 0 radical (unpaired) electrons. The Hall–Kier alpha value is -2.28. The van der Waals surface area contributed by atoms with Gasteiger partial charge in [0.2, 0.25) is 5.91 Å². The standard InChI is InChI=1S/C19H21F3N2O2/c20-19(21,22)15-8-6-14(7-9-15)17-5-1-2-10-24(17)13-18(25)23-12-16-4-3-11-26-16/h3-4,6-9,11,17H,1-2,5,10,12-13H2,(H,23,25). The van der Waals surface area contributed by atoms with Crippen molar-refractivity contribution in [1.82, 2.24) is 10.2 Å². The number of likely N-dealkylation sites (tertiary alicyclic amines) is 1. The van der Waals surface area contributed by atoms with Gasteiger partial charge in [0, 0.05) is 6.04 Å². The summed E-state index contributed by atoms with van der Waals surface area (Å²) in [7, 11) is 0. The van der Waals surface area contributed by atoms with E-state index in [1.165, 1.54) is 12.1 Å². The average molecular weight is 366 g/mol. The van der Waals surface area contributed by atoms with Crippen molar-refractivity contribution in [2.75, 3.05) is 13.1 Å². The molecule has 1 amide bonds. The Kier molecular flexibility index (Phi) is 5.66. The second-order valence-electron chi connectivity index (χ2n) is 6.46. The van der Waals surface area contributed by atoms with Gasteiger partial charge in [-0.1, -0.05) is 18.6 Å². The first-order valence-electron chi connectivity index (χ1n) is 8.64. The van der Waals surface area contributed by atoms with E-state index in [1.54, 1.807) is 18.4 Å². The fourth-order valence-corrected chi connectivity index (χ4v) is 3.29. The van der Waals surface area contributed by atoms with Gasteiger partial charge in [0.25, 0.3) is 0 Å². The smallest absolute Gasteiger partial charge is 0.416 e. The first-order chi connectivity index (χ1) is 12.4. The molecule has 0 saturated carbocycles. The highest BCUT2D eigenvalue weighted by Gasteiger charge is 2.31. The molecule has 1 aliphatic rings. The Balaban J connectivity index is 1.63. The number of nitrogens with zero attached hydrogens (tertiary/aromatic N) is 1. The van der Waals surface area contributed by atoms with E-state index < -0.39 is 11.7 Å². The molecule has 0 aliphatic carbocycles. The van der Waals surface area contributed by atoms with Crippen LogP contribution in [-0.4, -0.2) is 23.9 Å². The number of carbonyl (C=O) groups is 1. The second-order valence-corrected chi connectivity index (χ2v) is 6.46. The molecule has 1 unspecified atom stereocenters. The predicted molar refractivity (Wildman–Crippen MR) is 90.2 cm³/mol. The Morgan fingerprint density at radius 3 is 2.62 bits per heavy atom. The van der Waals surface area contributed by atoms with Gasteiger partial charge in [0.05, 0.1) is 24.9 Å². The zero-order valence-electron chi connectivity index (χ0n) is 14.3. The van der Waals surface area contributed by atoms with Gasteiger partial charge in [-0.15, -0.1) is 0 Å². The van der Waals surface area contributed by atoms with E-state index in [-0.39, 0.29) is 18.5 Å². The van der Waals surface area contributed by atoms with E-state index in [0.29, 0.717) is 12.3 Å². The minimum atomic E-state index is -4.34. The molecule has 4 nitrogen and oxygen atoms in total. The van der Waals surface area contributed by atoms with Gasteiger partial charge in [-0.25, -0.2) is 0 Å². The van der Waals surface area contributed by atoms with Crippen LogP contribution in [0.1, 0.15) is 42.2 Å². The molecule has 1 N–H and O–H groups in total. The van der Waals surface area contributed by atoms with Gasteiger partial charge in [-0.05, 0) is 49.2 Å². The fraction of sp³-hybridized carbons (Fsp3) is 0.421. The highest BCUT2D eigenvalue weighted by molar-refractivity contribution is 5.78. The van der Waals surface area contributed by atoms with Crippen LogP contribution in [0.5, 0.6) is 0 Å². The Morgan fingerprint density at radius 1 is 1.19 bits per heavy atom. The minimum Gasteiger partial charge on any atom is -0.467 e. The van der Waals surface area contributed by atoms with E-state index in [1.807, 2.05) is 4.90 Å². The first kappa shape index (κ1) is 18.5. The summed E-state index contributed by atoms with van der Waals surface area (Å²) in [6.07, 6.45) is 0.0128. The second kappa shape index (κ2) is 7.95. The molecule has 140 valence electrons. The summed E-state index contributed by atoms with van der Waals surface area (Å²) in [6.45, 7) is 1.29. The zero-order valence-corrected chi connectivity index (χ0v) is 14.3. The number of hydrogen-bond acceptors (Lipinski definition) is 3. The van der Waals surface area contributed by atoms with Crippen LogP contribution >= 0.6 is 0 Å². The highest BCUT2D eigenvalue weighted by Crippen LogP contribution is 2.34. The summed E-state index contributed by atoms with van der Waals surface area (Å²) in [4.78, 5) is 14.3. The van der Waals surface area contributed by atoms with E-state index >= 15 is 0 Å². The lowest BCUT2D eigenvalue weighted by Gasteiger charge is -2.35. The summed E-state index contributed by atoms with van der Waals surface area (Å²) >= 11 is 0. The van der Waals surface area contributed by atoms with E-state index in [2.05, 4.69) is 5.32 Å². The minimum absolute atomic E-state index is 0.0413. The van der Waals surface area contributed by atoms with Crippen molar-refractivity contribution in [2.24, 2.45) is 0 Å². The van der Waals surface area contributed by atoms with Crippen LogP contribution in [0.4, 0.5) is 13.2 Å². The number of amides is 1. The molecule has 26 heavy (non-hydrogen) atoms. The van der Waals surface area contributed by atoms with Crippen LogP contribution in [0.2, 0.25) is 0 Å². The molecule has 0 spiro atoms. The number of nitrogens with one attached hydrogen (secondary N) is 1. The van der Waals surface area contributed by atoms with Gasteiger partial charge in [0.15, 0.2) is 0 Å². The van der Waals surface area contributed by atoms with Gasteiger partial charge in [0.1, 0.15) is 5.76 Å². The van der Waals surface area contributed by atoms with Gasteiger partial charge in [-0.2, -0.15) is 13.2 Å². The Morgan fingerprint density at radius 2 is 1.96 bits per heavy atom. The molecule has 7 heteroatoms. The third-order valence-corrected chi connectivity index (χ3v) is 4.62. The zero-order chi connectivity index (χ0) is 18.6.